The number of halogens is 3. The highest BCUT2D eigenvalue weighted by Gasteiger charge is 2.31. The van der Waals surface area contributed by atoms with Gasteiger partial charge in [-0.2, -0.15) is 0 Å². The molecule has 11 heteroatoms. The zero-order valence-electron chi connectivity index (χ0n) is 18.5. The van der Waals surface area contributed by atoms with E-state index in [4.69, 9.17) is 34.8 Å². The van der Waals surface area contributed by atoms with E-state index < -0.39 is 28.5 Å². The summed E-state index contributed by atoms with van der Waals surface area (Å²) in [4.78, 5) is 27.4. The first kappa shape index (κ1) is 27.2. The predicted octanol–water partition coefficient (Wildman–Crippen LogP) is 4.36. The van der Waals surface area contributed by atoms with Crippen LogP contribution in [0.3, 0.4) is 0 Å². The molecule has 33 heavy (non-hydrogen) atoms. The van der Waals surface area contributed by atoms with Crippen LogP contribution in [0.1, 0.15) is 25.8 Å². The zero-order valence-corrected chi connectivity index (χ0v) is 21.6. The van der Waals surface area contributed by atoms with Gasteiger partial charge in [0.15, 0.2) is 0 Å². The third-order valence-corrected chi connectivity index (χ3v) is 7.01. The Labute approximate surface area is 209 Å². The molecule has 7 nitrogen and oxygen atoms in total. The molecule has 0 saturated heterocycles. The standard InChI is InChI=1S/C22H26Cl3N3O4S/c1-4-11-26-22(30)15(2)27(13-16-7-5-8-17(23)12-16)20(29)14-28(33(3,31)32)19-10-6-9-18(24)21(19)25/h5-10,12,15H,4,11,13-14H2,1-3H3,(H,26,30). The van der Waals surface area contributed by atoms with Crippen LogP contribution >= 0.6 is 34.8 Å². The largest absolute Gasteiger partial charge is 0.354 e. The molecule has 0 aliphatic rings. The molecule has 1 atom stereocenters. The number of carbonyl (C=O) groups is 2. The molecule has 1 unspecified atom stereocenters. The highest BCUT2D eigenvalue weighted by molar-refractivity contribution is 7.92. The minimum atomic E-state index is -3.90. The van der Waals surface area contributed by atoms with Crippen LogP contribution in [0.5, 0.6) is 0 Å². The average Bonchev–Trinajstić information content (AvgIpc) is 2.75. The maximum Gasteiger partial charge on any atom is 0.244 e. The molecule has 0 spiro atoms. The summed E-state index contributed by atoms with van der Waals surface area (Å²) >= 11 is 18.4. The molecule has 0 saturated carbocycles. The minimum Gasteiger partial charge on any atom is -0.354 e. The summed E-state index contributed by atoms with van der Waals surface area (Å²) in [6, 6.07) is 10.5. The van der Waals surface area contributed by atoms with Crippen molar-refractivity contribution in [3.05, 3.63) is 63.1 Å². The maximum absolute atomic E-state index is 13.4. The van der Waals surface area contributed by atoms with Crippen molar-refractivity contribution in [3.8, 4) is 0 Å². The van der Waals surface area contributed by atoms with Crippen LogP contribution in [-0.2, 0) is 26.2 Å². The second-order valence-electron chi connectivity index (χ2n) is 7.46. The summed E-state index contributed by atoms with van der Waals surface area (Å²) in [5, 5.41) is 3.40. The lowest BCUT2D eigenvalue weighted by Gasteiger charge is -2.31. The molecule has 0 aliphatic heterocycles. The van der Waals surface area contributed by atoms with Crippen LogP contribution in [0.15, 0.2) is 42.5 Å². The first-order chi connectivity index (χ1) is 15.5. The molecular weight excluding hydrogens is 509 g/mol. The Bertz CT molecular complexity index is 1110. The van der Waals surface area contributed by atoms with E-state index in [1.54, 1.807) is 31.2 Å². The Kier molecular flexibility index (Phi) is 9.84. The summed E-state index contributed by atoms with van der Waals surface area (Å²) in [6.07, 6.45) is 1.70. The molecule has 0 bridgehead atoms. The van der Waals surface area contributed by atoms with Gasteiger partial charge in [0, 0.05) is 18.1 Å². The number of sulfonamides is 1. The number of hydrogen-bond donors (Lipinski definition) is 1. The first-order valence-corrected chi connectivity index (χ1v) is 13.2. The van der Waals surface area contributed by atoms with Crippen molar-refractivity contribution in [3.63, 3.8) is 0 Å². The summed E-state index contributed by atoms with van der Waals surface area (Å²) in [5.41, 5.74) is 0.767. The molecule has 2 aromatic rings. The summed E-state index contributed by atoms with van der Waals surface area (Å²) < 4.78 is 26.0. The molecule has 0 fully saturated rings. The predicted molar refractivity (Wildman–Crippen MR) is 133 cm³/mol. The Hall–Kier alpha value is -2.00. The van der Waals surface area contributed by atoms with Gasteiger partial charge in [0.1, 0.15) is 12.6 Å². The molecule has 2 rings (SSSR count). The second kappa shape index (κ2) is 11.9. The highest BCUT2D eigenvalue weighted by Crippen LogP contribution is 2.33. The van der Waals surface area contributed by atoms with Crippen molar-refractivity contribution in [2.45, 2.75) is 32.9 Å². The molecule has 180 valence electrons. The van der Waals surface area contributed by atoms with Gasteiger partial charge in [-0.15, -0.1) is 0 Å². The zero-order chi connectivity index (χ0) is 24.8. The monoisotopic (exact) mass is 533 g/mol. The molecule has 0 aliphatic carbocycles. The number of benzene rings is 2. The van der Waals surface area contributed by atoms with Crippen molar-refractivity contribution >= 4 is 62.3 Å². The van der Waals surface area contributed by atoms with Gasteiger partial charge >= 0.3 is 0 Å². The van der Waals surface area contributed by atoms with Crippen LogP contribution < -0.4 is 9.62 Å². The Morgan fingerprint density at radius 2 is 1.76 bits per heavy atom. The summed E-state index contributed by atoms with van der Waals surface area (Å²) in [7, 11) is -3.90. The van der Waals surface area contributed by atoms with E-state index in [-0.39, 0.29) is 28.2 Å². The molecule has 0 radical (unpaired) electrons. The lowest BCUT2D eigenvalue weighted by Crippen LogP contribution is -2.51. The lowest BCUT2D eigenvalue weighted by atomic mass is 10.1. The third-order valence-electron chi connectivity index (χ3n) is 4.84. The van der Waals surface area contributed by atoms with Gasteiger partial charge in [-0.25, -0.2) is 8.42 Å². The number of hydrogen-bond acceptors (Lipinski definition) is 4. The fraction of sp³-hybridized carbons (Fsp3) is 0.364. The molecule has 1 N–H and O–H groups in total. The summed E-state index contributed by atoms with van der Waals surface area (Å²) in [6.45, 7) is 3.45. The van der Waals surface area contributed by atoms with E-state index >= 15 is 0 Å². The second-order valence-corrected chi connectivity index (χ2v) is 10.6. The van der Waals surface area contributed by atoms with Gasteiger partial charge in [0.2, 0.25) is 21.8 Å². The van der Waals surface area contributed by atoms with E-state index in [0.29, 0.717) is 17.1 Å². The van der Waals surface area contributed by atoms with E-state index in [1.807, 2.05) is 6.92 Å². The summed E-state index contributed by atoms with van der Waals surface area (Å²) in [5.74, 6) is -0.936. The highest BCUT2D eigenvalue weighted by atomic mass is 35.5. The topological polar surface area (TPSA) is 86.8 Å². The van der Waals surface area contributed by atoms with E-state index in [1.165, 1.54) is 23.1 Å². The van der Waals surface area contributed by atoms with Gasteiger partial charge in [-0.05, 0) is 43.2 Å². The molecule has 2 amide bonds. The van der Waals surface area contributed by atoms with Crippen molar-refractivity contribution in [1.29, 1.82) is 0 Å². The number of anilines is 1. The number of carbonyl (C=O) groups excluding carboxylic acids is 2. The van der Waals surface area contributed by atoms with Crippen LogP contribution in [-0.4, -0.2) is 50.5 Å². The molecular formula is C22H26Cl3N3O4S. The Morgan fingerprint density at radius 1 is 1.09 bits per heavy atom. The van der Waals surface area contributed by atoms with E-state index in [2.05, 4.69) is 5.32 Å². The quantitative estimate of drug-likeness (QED) is 0.491. The van der Waals surface area contributed by atoms with E-state index in [9.17, 15) is 18.0 Å². The van der Waals surface area contributed by atoms with Crippen molar-refractivity contribution in [1.82, 2.24) is 10.2 Å². The van der Waals surface area contributed by atoms with Gasteiger partial charge in [-0.1, -0.05) is 59.9 Å². The van der Waals surface area contributed by atoms with Crippen LogP contribution in [0.25, 0.3) is 0 Å². The Morgan fingerprint density at radius 3 is 2.36 bits per heavy atom. The molecule has 2 aromatic carbocycles. The van der Waals surface area contributed by atoms with Crippen molar-refractivity contribution < 1.29 is 18.0 Å². The minimum absolute atomic E-state index is 0.00696. The van der Waals surface area contributed by atoms with Crippen LogP contribution in [0, 0.1) is 0 Å². The van der Waals surface area contributed by atoms with Crippen molar-refractivity contribution in [2.24, 2.45) is 0 Å². The van der Waals surface area contributed by atoms with Gasteiger partial charge in [0.25, 0.3) is 0 Å². The number of nitrogens with one attached hydrogen (secondary N) is 1. The van der Waals surface area contributed by atoms with E-state index in [0.717, 1.165) is 17.0 Å². The van der Waals surface area contributed by atoms with Gasteiger partial charge in [-0.3, -0.25) is 13.9 Å². The molecule has 0 heterocycles. The van der Waals surface area contributed by atoms with Crippen molar-refractivity contribution in [2.75, 3.05) is 23.7 Å². The van der Waals surface area contributed by atoms with Gasteiger partial charge < -0.3 is 10.2 Å². The van der Waals surface area contributed by atoms with Crippen LogP contribution in [0.4, 0.5) is 5.69 Å². The van der Waals surface area contributed by atoms with Gasteiger partial charge in [0.05, 0.1) is 22.0 Å². The maximum atomic E-state index is 13.4. The lowest BCUT2D eigenvalue weighted by molar-refractivity contribution is -0.139. The number of amides is 2. The number of nitrogens with zero attached hydrogens (tertiary/aromatic N) is 2. The van der Waals surface area contributed by atoms with Crippen LogP contribution in [0.2, 0.25) is 15.1 Å². The smallest absolute Gasteiger partial charge is 0.244 e. The normalized spacial score (nSPS) is 12.2. The first-order valence-electron chi connectivity index (χ1n) is 10.2. The molecule has 0 aromatic heterocycles. The fourth-order valence-corrected chi connectivity index (χ4v) is 4.61. The Balaban J connectivity index is 2.42. The SMILES string of the molecule is CCCNC(=O)C(C)N(Cc1cccc(Cl)c1)C(=O)CN(c1cccc(Cl)c1Cl)S(C)(=O)=O. The average molecular weight is 535 g/mol. The fourth-order valence-electron chi connectivity index (χ4n) is 3.09. The third kappa shape index (κ3) is 7.50. The number of rotatable bonds is 10.